The van der Waals surface area contributed by atoms with E-state index in [2.05, 4.69) is 99.7 Å². The van der Waals surface area contributed by atoms with Gasteiger partial charge in [0.05, 0.1) is 22.4 Å². The maximum atomic E-state index is 6.88. The van der Waals surface area contributed by atoms with E-state index in [0.29, 0.717) is 17.1 Å². The molecule has 6 heterocycles. The Labute approximate surface area is 350 Å². The summed E-state index contributed by atoms with van der Waals surface area (Å²) in [6.07, 6.45) is 1.78. The Bertz CT molecular complexity index is 3610. The van der Waals surface area contributed by atoms with Crippen molar-refractivity contribution >= 4 is 94.5 Å². The first-order chi connectivity index (χ1) is 28.7. The molecule has 5 aromatic heterocycles. The van der Waals surface area contributed by atoms with Crippen molar-refractivity contribution in [1.82, 2.24) is 18.9 Å². The SMILES string of the molecule is [Pt].[c-]1c(N2[CH-]N(c3ccccc3)c3ccccc32)cc2c(oc3cc4c(cc32)oc2ccccc24)c1Oc1[c-]c2c(cc1)n1c3ccccc3nc1n2-c1ccccn1. The standard InChI is InChI=1S/C49H27N6O3.Pt/c1-2-12-30(13-3-1)52-29-53(40-18-8-7-17-39(40)52)31-24-36-35-28-44-34(33-14-4-9-19-43(33)57-44)27-45(35)58-48(36)46(25-31)56-32-21-22-41-42(26-32)55(47-20-10-11-23-50-47)49-51-37-15-5-6-16-38(37)54(41)49;/h1-24,27-29H;/q-3;. The van der Waals surface area contributed by atoms with Gasteiger partial charge < -0.3 is 27.8 Å². The van der Waals surface area contributed by atoms with Gasteiger partial charge in [0.15, 0.2) is 0 Å². The number of pyridine rings is 1. The number of imidazole rings is 2. The van der Waals surface area contributed by atoms with Crippen LogP contribution in [0.2, 0.25) is 0 Å². The number of rotatable bonds is 5. The van der Waals surface area contributed by atoms with Crippen molar-refractivity contribution in [3.8, 4) is 17.3 Å². The molecule has 1 aliphatic heterocycles. The van der Waals surface area contributed by atoms with Crippen molar-refractivity contribution in [2.45, 2.75) is 0 Å². The number of aromatic nitrogens is 4. The zero-order chi connectivity index (χ0) is 37.9. The molecule has 10 heteroatoms. The molecule has 0 unspecified atom stereocenters. The van der Waals surface area contributed by atoms with E-state index in [-0.39, 0.29) is 21.1 Å². The van der Waals surface area contributed by atoms with Gasteiger partial charge in [0.2, 0.25) is 5.78 Å². The number of hydrogen-bond donors (Lipinski definition) is 0. The van der Waals surface area contributed by atoms with Crippen LogP contribution in [0.5, 0.6) is 11.5 Å². The number of ether oxygens (including phenoxy) is 1. The largest absolute Gasteiger partial charge is 0.512 e. The second-order valence-corrected chi connectivity index (χ2v) is 14.4. The maximum Gasteiger partial charge on any atom is 0.208 e. The van der Waals surface area contributed by atoms with E-state index in [4.69, 9.17) is 23.5 Å². The first-order valence-corrected chi connectivity index (χ1v) is 19.0. The normalized spacial score (nSPS) is 12.8. The summed E-state index contributed by atoms with van der Waals surface area (Å²) >= 11 is 0. The molecule has 0 aliphatic carbocycles. The van der Waals surface area contributed by atoms with Gasteiger partial charge in [-0.3, -0.25) is 4.57 Å². The van der Waals surface area contributed by atoms with Crippen LogP contribution in [-0.2, 0) is 21.1 Å². The molecule has 0 saturated carbocycles. The Morgan fingerprint density at radius 2 is 1.34 bits per heavy atom. The van der Waals surface area contributed by atoms with Gasteiger partial charge in [0.25, 0.3) is 0 Å². The first kappa shape index (κ1) is 33.8. The quantitative estimate of drug-likeness (QED) is 0.159. The molecule has 13 rings (SSSR count). The summed E-state index contributed by atoms with van der Waals surface area (Å²) < 4.78 is 24.1. The average Bonchev–Trinajstić information content (AvgIpc) is 4.08. The molecular formula is C49H27N6O3Pt-3. The van der Waals surface area contributed by atoms with Crippen molar-refractivity contribution in [2.24, 2.45) is 0 Å². The van der Waals surface area contributed by atoms with Crippen LogP contribution in [0.3, 0.4) is 0 Å². The minimum Gasteiger partial charge on any atom is -0.512 e. The average molecular weight is 943 g/mol. The van der Waals surface area contributed by atoms with E-state index in [0.717, 1.165) is 94.7 Å². The summed E-state index contributed by atoms with van der Waals surface area (Å²) in [4.78, 5) is 14.1. The van der Waals surface area contributed by atoms with Crippen molar-refractivity contribution in [2.75, 3.05) is 9.80 Å². The van der Waals surface area contributed by atoms with E-state index in [1.54, 1.807) is 6.20 Å². The van der Waals surface area contributed by atoms with Crippen molar-refractivity contribution < 1.29 is 34.6 Å². The van der Waals surface area contributed by atoms with E-state index in [9.17, 15) is 0 Å². The summed E-state index contributed by atoms with van der Waals surface area (Å²) in [6.45, 7) is 2.10. The summed E-state index contributed by atoms with van der Waals surface area (Å²) in [5.41, 5.74) is 10.4. The van der Waals surface area contributed by atoms with Crippen molar-refractivity contribution in [3.63, 3.8) is 0 Å². The van der Waals surface area contributed by atoms with Crippen LogP contribution in [0.4, 0.5) is 22.7 Å². The van der Waals surface area contributed by atoms with Crippen LogP contribution in [0, 0.1) is 18.8 Å². The molecule has 0 spiro atoms. The second kappa shape index (κ2) is 12.8. The van der Waals surface area contributed by atoms with Gasteiger partial charge in [0.1, 0.15) is 22.6 Å². The molecule has 0 atom stereocenters. The van der Waals surface area contributed by atoms with E-state index in [1.807, 2.05) is 89.5 Å². The fourth-order valence-corrected chi connectivity index (χ4v) is 8.47. The zero-order valence-corrected chi connectivity index (χ0v) is 33.1. The molecule has 0 bridgehead atoms. The fraction of sp³-hybridized carbons (Fsp3) is 0. The number of benzene rings is 7. The Hall–Kier alpha value is -7.35. The van der Waals surface area contributed by atoms with E-state index >= 15 is 0 Å². The molecule has 0 radical (unpaired) electrons. The Balaban J connectivity index is 0.00000377. The first-order valence-electron chi connectivity index (χ1n) is 19.0. The molecule has 12 aromatic rings. The predicted molar refractivity (Wildman–Crippen MR) is 228 cm³/mol. The molecule has 59 heavy (non-hydrogen) atoms. The van der Waals surface area contributed by atoms with Gasteiger partial charge in [-0.1, -0.05) is 77.8 Å². The number of anilines is 4. The number of fused-ring (bicyclic) bond motifs is 12. The molecule has 9 nitrogen and oxygen atoms in total. The van der Waals surface area contributed by atoms with E-state index in [1.165, 1.54) is 0 Å². The molecule has 0 fully saturated rings. The van der Waals surface area contributed by atoms with E-state index < -0.39 is 0 Å². The van der Waals surface area contributed by atoms with Crippen molar-refractivity contribution in [3.05, 3.63) is 177 Å². The summed E-state index contributed by atoms with van der Waals surface area (Å²) in [7, 11) is 0. The third kappa shape index (κ3) is 5.01. The minimum absolute atomic E-state index is 0. The monoisotopic (exact) mass is 942 g/mol. The van der Waals surface area contributed by atoms with Crippen LogP contribution in [0.1, 0.15) is 0 Å². The Kier molecular flexibility index (Phi) is 7.34. The molecule has 0 N–H and O–H groups in total. The number of furan rings is 2. The molecule has 0 amide bonds. The summed E-state index contributed by atoms with van der Waals surface area (Å²) in [5, 5.41) is 3.80. The van der Waals surface area contributed by atoms with Crippen molar-refractivity contribution in [1.29, 1.82) is 0 Å². The summed E-state index contributed by atoms with van der Waals surface area (Å²) in [6, 6.07) is 58.2. The second-order valence-electron chi connectivity index (χ2n) is 14.4. The number of hydrogen-bond acceptors (Lipinski definition) is 7. The molecule has 0 saturated heterocycles. The van der Waals surface area contributed by atoms with Crippen LogP contribution in [0.25, 0.3) is 77.5 Å². The molecule has 1 aliphatic rings. The molecule has 284 valence electrons. The van der Waals surface area contributed by atoms with Gasteiger partial charge in [0, 0.05) is 66.2 Å². The third-order valence-electron chi connectivity index (χ3n) is 11.1. The van der Waals surface area contributed by atoms with Crippen LogP contribution in [-0.4, -0.2) is 18.9 Å². The smallest absolute Gasteiger partial charge is 0.208 e. The van der Waals surface area contributed by atoms with Crippen LogP contribution in [0.15, 0.2) is 167 Å². The van der Waals surface area contributed by atoms with Crippen LogP contribution < -0.4 is 14.5 Å². The van der Waals surface area contributed by atoms with Gasteiger partial charge in [-0.05, 0) is 77.8 Å². The third-order valence-corrected chi connectivity index (χ3v) is 11.1. The number of nitrogens with zero attached hydrogens (tertiary/aromatic N) is 6. The number of para-hydroxylation sites is 6. The van der Waals surface area contributed by atoms with Crippen LogP contribution >= 0.6 is 0 Å². The Morgan fingerprint density at radius 1 is 0.593 bits per heavy atom. The van der Waals surface area contributed by atoms with Gasteiger partial charge in [-0.25, -0.2) is 9.97 Å². The summed E-state index contributed by atoms with van der Waals surface area (Å²) in [5.74, 6) is 2.37. The minimum atomic E-state index is 0. The van der Waals surface area contributed by atoms with Gasteiger partial charge in [-0.15, -0.1) is 37.0 Å². The fourth-order valence-electron chi connectivity index (χ4n) is 8.47. The maximum absolute atomic E-state index is 6.88. The predicted octanol–water partition coefficient (Wildman–Crippen LogP) is 12.4. The topological polar surface area (TPSA) is 77.1 Å². The molecule has 7 aromatic carbocycles. The molecular weight excluding hydrogens is 916 g/mol. The van der Waals surface area contributed by atoms with Gasteiger partial charge >= 0.3 is 0 Å². The Morgan fingerprint density at radius 3 is 2.20 bits per heavy atom. The van der Waals surface area contributed by atoms with Gasteiger partial charge in [-0.2, -0.15) is 0 Å². The zero-order valence-electron chi connectivity index (χ0n) is 30.8.